The summed E-state index contributed by atoms with van der Waals surface area (Å²) in [5.74, 6) is 0.838. The molecule has 2 atom stereocenters. The van der Waals surface area contributed by atoms with Crippen LogP contribution in [0.4, 0.5) is 0 Å². The number of nitrogens with two attached hydrogens (primary N) is 1. The first-order chi connectivity index (χ1) is 14.4. The van der Waals surface area contributed by atoms with E-state index in [1.165, 1.54) is 16.0 Å². The number of benzene rings is 2. The number of amides is 1. The van der Waals surface area contributed by atoms with Crippen LogP contribution in [0, 0.1) is 13.8 Å². The molecule has 2 N–H and O–H groups in total. The van der Waals surface area contributed by atoms with Crippen LogP contribution in [0.1, 0.15) is 36.0 Å². The molecule has 0 radical (unpaired) electrons. The molecule has 0 aliphatic carbocycles. The topological polar surface area (TPSA) is 77.2 Å². The Balaban J connectivity index is 1.70. The van der Waals surface area contributed by atoms with Gasteiger partial charge in [0, 0.05) is 25.6 Å². The first kappa shape index (κ1) is 19.1. The molecular formula is C24H27N3O3. The summed E-state index contributed by atoms with van der Waals surface area (Å²) in [6.07, 6.45) is 2.17. The number of ether oxygens (including phenoxy) is 2. The molecule has 1 fully saturated rings. The van der Waals surface area contributed by atoms with E-state index in [1.807, 2.05) is 6.07 Å². The summed E-state index contributed by atoms with van der Waals surface area (Å²) >= 11 is 0. The Morgan fingerprint density at radius 2 is 2.03 bits per heavy atom. The van der Waals surface area contributed by atoms with Gasteiger partial charge >= 0.3 is 0 Å². The molecular weight excluding hydrogens is 378 g/mol. The first-order valence-electron chi connectivity index (χ1n) is 10.5. The Morgan fingerprint density at radius 3 is 2.73 bits per heavy atom. The Kier molecular flexibility index (Phi) is 4.19. The largest absolute Gasteiger partial charge is 0.484 e. The number of guanidine groups is 1. The van der Waals surface area contributed by atoms with Crippen molar-refractivity contribution < 1.29 is 14.3 Å². The van der Waals surface area contributed by atoms with Crippen LogP contribution < -0.4 is 10.5 Å². The number of likely N-dealkylation sites (N-methyl/N-ethyl adjacent to an activating group) is 1. The predicted octanol–water partition coefficient (Wildman–Crippen LogP) is 3.28. The third-order valence-electron chi connectivity index (χ3n) is 6.84. The van der Waals surface area contributed by atoms with Crippen molar-refractivity contribution >= 4 is 11.9 Å². The molecule has 156 valence electrons. The number of carbonyl (C=O) groups is 1. The van der Waals surface area contributed by atoms with Crippen molar-refractivity contribution in [3.63, 3.8) is 0 Å². The third-order valence-corrected chi connectivity index (χ3v) is 6.84. The van der Waals surface area contributed by atoms with Crippen molar-refractivity contribution in [2.45, 2.75) is 44.2 Å². The summed E-state index contributed by atoms with van der Waals surface area (Å²) in [7, 11) is 1.68. The average molecular weight is 405 g/mol. The summed E-state index contributed by atoms with van der Waals surface area (Å²) in [6, 6.07) is 12.4. The molecule has 0 aromatic heterocycles. The fourth-order valence-corrected chi connectivity index (χ4v) is 5.04. The molecule has 3 aliphatic rings. The van der Waals surface area contributed by atoms with Gasteiger partial charge in [0.2, 0.25) is 0 Å². The van der Waals surface area contributed by atoms with Crippen molar-refractivity contribution in [2.75, 3.05) is 20.3 Å². The number of hydrogen-bond donors (Lipinski definition) is 1. The van der Waals surface area contributed by atoms with E-state index in [0.29, 0.717) is 18.8 Å². The molecule has 0 saturated carbocycles. The predicted molar refractivity (Wildman–Crippen MR) is 115 cm³/mol. The Hall–Kier alpha value is -2.86. The van der Waals surface area contributed by atoms with E-state index in [2.05, 4.69) is 44.2 Å². The minimum atomic E-state index is -1.07. The van der Waals surface area contributed by atoms with E-state index < -0.39 is 11.1 Å². The number of aryl methyl sites for hydroxylation is 1. The second kappa shape index (κ2) is 6.57. The Bertz CT molecular complexity index is 1070. The van der Waals surface area contributed by atoms with Crippen LogP contribution in [-0.2, 0) is 15.1 Å². The van der Waals surface area contributed by atoms with Crippen molar-refractivity contribution in [3.05, 3.63) is 53.1 Å². The van der Waals surface area contributed by atoms with E-state index in [0.717, 1.165) is 36.1 Å². The molecule has 0 unspecified atom stereocenters. The molecule has 6 nitrogen and oxygen atoms in total. The van der Waals surface area contributed by atoms with Crippen molar-refractivity contribution in [3.8, 4) is 16.9 Å². The number of rotatable bonds is 1. The van der Waals surface area contributed by atoms with E-state index in [-0.39, 0.29) is 11.9 Å². The highest BCUT2D eigenvalue weighted by atomic mass is 16.5. The number of fused-ring (bicyclic) bond motifs is 2. The summed E-state index contributed by atoms with van der Waals surface area (Å²) < 4.78 is 12.3. The van der Waals surface area contributed by atoms with Crippen LogP contribution in [0.3, 0.4) is 0 Å². The SMILES string of the molecule is Cc1cccc(-c2ccc3c(c2)[C@]2(C[C@@]4(CCCOC4)O3)N=C(N)N(C)C2=O)c1C. The van der Waals surface area contributed by atoms with Gasteiger partial charge in [-0.15, -0.1) is 0 Å². The maximum absolute atomic E-state index is 13.5. The minimum Gasteiger partial charge on any atom is -0.484 e. The van der Waals surface area contributed by atoms with Crippen LogP contribution in [0.25, 0.3) is 11.1 Å². The summed E-state index contributed by atoms with van der Waals surface area (Å²) in [4.78, 5) is 19.7. The van der Waals surface area contributed by atoms with Crippen LogP contribution >= 0.6 is 0 Å². The maximum Gasteiger partial charge on any atom is 0.261 e. The van der Waals surface area contributed by atoms with Crippen molar-refractivity contribution in [2.24, 2.45) is 10.7 Å². The van der Waals surface area contributed by atoms with Gasteiger partial charge in [-0.05, 0) is 61.1 Å². The Labute approximate surface area is 176 Å². The maximum atomic E-state index is 13.5. The summed E-state index contributed by atoms with van der Waals surface area (Å²) in [5, 5.41) is 0. The molecule has 30 heavy (non-hydrogen) atoms. The van der Waals surface area contributed by atoms with E-state index in [1.54, 1.807) is 7.05 Å². The Morgan fingerprint density at radius 1 is 1.20 bits per heavy atom. The van der Waals surface area contributed by atoms with Gasteiger partial charge in [-0.25, -0.2) is 4.99 Å². The average Bonchev–Trinajstić information content (AvgIpc) is 2.94. The zero-order valence-corrected chi connectivity index (χ0v) is 17.7. The number of aliphatic imine (C=N–C) groups is 1. The molecule has 3 aliphatic heterocycles. The molecule has 2 aromatic carbocycles. The van der Waals surface area contributed by atoms with Gasteiger partial charge in [0.1, 0.15) is 11.4 Å². The fourth-order valence-electron chi connectivity index (χ4n) is 5.04. The van der Waals surface area contributed by atoms with Gasteiger partial charge in [-0.3, -0.25) is 9.69 Å². The van der Waals surface area contributed by atoms with Gasteiger partial charge in [-0.1, -0.05) is 24.3 Å². The number of nitrogens with zero attached hydrogens (tertiary/aromatic N) is 2. The highest BCUT2D eigenvalue weighted by Gasteiger charge is 2.58. The van der Waals surface area contributed by atoms with Crippen molar-refractivity contribution in [1.82, 2.24) is 4.90 Å². The normalized spacial score (nSPS) is 27.9. The summed E-state index contributed by atoms with van der Waals surface area (Å²) in [6.45, 7) is 5.40. The lowest BCUT2D eigenvalue weighted by Crippen LogP contribution is -2.55. The van der Waals surface area contributed by atoms with E-state index >= 15 is 0 Å². The van der Waals surface area contributed by atoms with Gasteiger partial charge < -0.3 is 15.2 Å². The molecule has 2 aromatic rings. The minimum absolute atomic E-state index is 0.104. The smallest absolute Gasteiger partial charge is 0.261 e. The van der Waals surface area contributed by atoms with Crippen LogP contribution in [0.2, 0.25) is 0 Å². The fraction of sp³-hybridized carbons (Fsp3) is 0.417. The number of hydrogen-bond acceptors (Lipinski definition) is 5. The van der Waals surface area contributed by atoms with Crippen LogP contribution in [-0.4, -0.2) is 42.6 Å². The second-order valence-corrected chi connectivity index (χ2v) is 8.77. The van der Waals surface area contributed by atoms with Gasteiger partial charge in [0.25, 0.3) is 5.91 Å². The van der Waals surface area contributed by atoms with Crippen LogP contribution in [0.15, 0.2) is 41.4 Å². The standard InChI is InChI=1S/C24H27N3O3/c1-15-6-4-7-18(16(15)2)17-8-9-20-19(12-17)24(21(28)27(3)22(25)26-24)13-23(30-20)10-5-11-29-14-23/h4,6-9,12H,5,10-11,13-14H2,1-3H3,(H2,25,26)/t23-,24+/m1/s1. The highest BCUT2D eigenvalue weighted by Crippen LogP contribution is 2.52. The first-order valence-corrected chi connectivity index (χ1v) is 10.5. The van der Waals surface area contributed by atoms with Gasteiger partial charge in [-0.2, -0.15) is 0 Å². The molecule has 1 amide bonds. The van der Waals surface area contributed by atoms with Gasteiger partial charge in [0.15, 0.2) is 11.5 Å². The lowest BCUT2D eigenvalue weighted by molar-refractivity contribution is -0.139. The number of carbonyl (C=O) groups excluding carboxylic acids is 1. The monoisotopic (exact) mass is 405 g/mol. The highest BCUT2D eigenvalue weighted by molar-refractivity contribution is 6.07. The quantitative estimate of drug-likeness (QED) is 0.790. The van der Waals surface area contributed by atoms with E-state index in [9.17, 15) is 4.79 Å². The molecule has 0 bridgehead atoms. The lowest BCUT2D eigenvalue weighted by atomic mass is 9.73. The lowest BCUT2D eigenvalue weighted by Gasteiger charge is -2.46. The molecule has 1 saturated heterocycles. The van der Waals surface area contributed by atoms with Crippen molar-refractivity contribution in [1.29, 1.82) is 0 Å². The third kappa shape index (κ3) is 2.67. The van der Waals surface area contributed by atoms with Crippen LogP contribution in [0.5, 0.6) is 5.75 Å². The second-order valence-electron chi connectivity index (χ2n) is 8.77. The zero-order chi connectivity index (χ0) is 21.1. The molecule has 6 heteroatoms. The molecule has 2 spiro atoms. The zero-order valence-electron chi connectivity index (χ0n) is 17.7. The van der Waals surface area contributed by atoms with E-state index in [4.69, 9.17) is 20.2 Å². The molecule has 3 heterocycles. The van der Waals surface area contributed by atoms with Gasteiger partial charge in [0.05, 0.1) is 6.61 Å². The summed E-state index contributed by atoms with van der Waals surface area (Å²) in [5.41, 5.74) is 9.92. The molecule has 5 rings (SSSR count).